The maximum absolute atomic E-state index is 14.3. The monoisotopic (exact) mass is 686 g/mol. The molecule has 0 radical (unpaired) electrons. The Balaban J connectivity index is 1.66. The molecule has 254 valence electrons. The van der Waals surface area contributed by atoms with Crippen LogP contribution in [0.2, 0.25) is 5.02 Å². The molecule has 11 nitrogen and oxygen atoms in total. The summed E-state index contributed by atoms with van der Waals surface area (Å²) in [5.74, 6) is -0.552. The standard InChI is InChI=1S/C34H43ClN4O7S/c1-23-20-39(24(2)22-40)34(42)30-19-28(37-47(43,44)29-11-8-27(35)9-12-29)10-13-31(30)46-25(3)7-5-6-18-45-32(23)21-38(4)33(41)26-14-16-36-17-15-26/h8-17,19,23-25,32,37,40H,5-7,18,20-22H2,1-4H3/t23-,24-,25-,32+/m0/s1. The van der Waals surface area contributed by atoms with Gasteiger partial charge in [0, 0.05) is 61.3 Å². The van der Waals surface area contributed by atoms with Gasteiger partial charge in [-0.1, -0.05) is 18.5 Å². The summed E-state index contributed by atoms with van der Waals surface area (Å²) in [7, 11) is -2.28. The number of sulfonamides is 1. The first-order valence-corrected chi connectivity index (χ1v) is 17.5. The molecule has 2 N–H and O–H groups in total. The molecule has 13 heteroatoms. The molecule has 4 rings (SSSR count). The number of nitrogens with one attached hydrogen (secondary N) is 1. The van der Waals surface area contributed by atoms with Gasteiger partial charge in [0.2, 0.25) is 0 Å². The molecule has 1 aliphatic rings. The number of rotatable bonds is 8. The fraction of sp³-hybridized carbons (Fsp3) is 0.441. The number of aromatic nitrogens is 1. The van der Waals surface area contributed by atoms with Crippen molar-refractivity contribution in [1.82, 2.24) is 14.8 Å². The molecular formula is C34H43ClN4O7S. The van der Waals surface area contributed by atoms with Gasteiger partial charge < -0.3 is 24.4 Å². The molecule has 2 amide bonds. The Kier molecular flexibility index (Phi) is 12.6. The van der Waals surface area contributed by atoms with Crippen molar-refractivity contribution in [1.29, 1.82) is 0 Å². The van der Waals surface area contributed by atoms with Crippen LogP contribution >= 0.6 is 11.6 Å². The average molecular weight is 687 g/mol. The van der Waals surface area contributed by atoms with Crippen molar-refractivity contribution in [3.63, 3.8) is 0 Å². The summed E-state index contributed by atoms with van der Waals surface area (Å²) in [6.07, 6.45) is 4.75. The van der Waals surface area contributed by atoms with E-state index in [2.05, 4.69) is 9.71 Å². The van der Waals surface area contributed by atoms with Gasteiger partial charge in [0.1, 0.15) is 5.75 Å². The average Bonchev–Trinajstić information content (AvgIpc) is 3.06. The van der Waals surface area contributed by atoms with Crippen molar-refractivity contribution < 1.29 is 32.6 Å². The number of likely N-dealkylation sites (N-methyl/N-ethyl adjacent to an activating group) is 1. The van der Waals surface area contributed by atoms with Crippen LogP contribution < -0.4 is 9.46 Å². The normalized spacial score (nSPS) is 20.3. The number of aliphatic hydroxyl groups is 1. The van der Waals surface area contributed by atoms with Crippen molar-refractivity contribution in [2.24, 2.45) is 5.92 Å². The molecule has 0 bridgehead atoms. The van der Waals surface area contributed by atoms with E-state index in [1.54, 1.807) is 60.4 Å². The summed E-state index contributed by atoms with van der Waals surface area (Å²) in [6, 6.07) is 13.1. The number of carbonyl (C=O) groups is 2. The lowest BCUT2D eigenvalue weighted by Gasteiger charge is -2.36. The van der Waals surface area contributed by atoms with Crippen LogP contribution in [0, 0.1) is 5.92 Å². The second-order valence-corrected chi connectivity index (χ2v) is 14.1. The van der Waals surface area contributed by atoms with Gasteiger partial charge >= 0.3 is 0 Å². The van der Waals surface area contributed by atoms with Crippen LogP contribution in [-0.4, -0.2) is 91.7 Å². The quantitative estimate of drug-likeness (QED) is 0.334. The van der Waals surface area contributed by atoms with Gasteiger partial charge in [0.25, 0.3) is 21.8 Å². The van der Waals surface area contributed by atoms with E-state index in [1.807, 2.05) is 13.8 Å². The molecule has 47 heavy (non-hydrogen) atoms. The summed E-state index contributed by atoms with van der Waals surface area (Å²) in [5, 5.41) is 10.6. The molecule has 1 aliphatic heterocycles. The number of hydrogen-bond acceptors (Lipinski definition) is 8. The zero-order valence-corrected chi connectivity index (χ0v) is 28.7. The molecule has 0 aliphatic carbocycles. The molecule has 0 saturated carbocycles. The SMILES string of the molecule is C[C@H]1CCCCO[C@H](CN(C)C(=O)c2ccncc2)[C@@H](C)CN([C@@H](C)CO)C(=O)c2cc(NS(=O)(=O)c3ccc(Cl)cc3)ccc2O1. The summed E-state index contributed by atoms with van der Waals surface area (Å²) in [6.45, 7) is 6.23. The Morgan fingerprint density at radius 1 is 1.13 bits per heavy atom. The highest BCUT2D eigenvalue weighted by Gasteiger charge is 2.31. The van der Waals surface area contributed by atoms with Gasteiger partial charge in [0.05, 0.1) is 35.3 Å². The van der Waals surface area contributed by atoms with Crippen molar-refractivity contribution in [3.8, 4) is 5.75 Å². The Morgan fingerprint density at radius 3 is 2.51 bits per heavy atom. The van der Waals surface area contributed by atoms with Gasteiger partial charge in [-0.15, -0.1) is 0 Å². The minimum Gasteiger partial charge on any atom is -0.490 e. The van der Waals surface area contributed by atoms with E-state index in [0.29, 0.717) is 29.4 Å². The lowest BCUT2D eigenvalue weighted by molar-refractivity contribution is -0.0149. The van der Waals surface area contributed by atoms with E-state index in [-0.39, 0.29) is 53.8 Å². The van der Waals surface area contributed by atoms with E-state index in [4.69, 9.17) is 21.1 Å². The first-order valence-electron chi connectivity index (χ1n) is 15.7. The molecule has 3 aromatic rings. The number of aliphatic hydroxyl groups excluding tert-OH is 1. The molecular weight excluding hydrogens is 644 g/mol. The number of ether oxygens (including phenoxy) is 2. The van der Waals surface area contributed by atoms with Crippen LogP contribution in [0.25, 0.3) is 0 Å². The van der Waals surface area contributed by atoms with E-state index in [0.717, 1.165) is 12.8 Å². The van der Waals surface area contributed by atoms with Crippen molar-refractivity contribution in [3.05, 3.63) is 83.1 Å². The zero-order chi connectivity index (χ0) is 34.1. The third-order valence-corrected chi connectivity index (χ3v) is 9.80. The maximum atomic E-state index is 14.3. The smallest absolute Gasteiger partial charge is 0.261 e. The van der Waals surface area contributed by atoms with Crippen molar-refractivity contribution >= 4 is 39.1 Å². The third kappa shape index (κ3) is 9.66. The molecule has 2 aromatic carbocycles. The Labute approximate surface area is 281 Å². The minimum atomic E-state index is -3.99. The fourth-order valence-corrected chi connectivity index (χ4v) is 6.52. The largest absolute Gasteiger partial charge is 0.490 e. The van der Waals surface area contributed by atoms with Crippen LogP contribution in [0.15, 0.2) is 71.9 Å². The van der Waals surface area contributed by atoms with Gasteiger partial charge in [-0.3, -0.25) is 19.3 Å². The molecule has 1 aromatic heterocycles. The number of nitrogens with zero attached hydrogens (tertiary/aromatic N) is 3. The van der Waals surface area contributed by atoms with Gasteiger partial charge in [-0.25, -0.2) is 8.42 Å². The molecule has 4 atom stereocenters. The van der Waals surface area contributed by atoms with Crippen LogP contribution in [0.5, 0.6) is 5.75 Å². The highest BCUT2D eigenvalue weighted by molar-refractivity contribution is 7.92. The second kappa shape index (κ2) is 16.4. The van der Waals surface area contributed by atoms with E-state index in [9.17, 15) is 23.1 Å². The predicted molar refractivity (Wildman–Crippen MR) is 180 cm³/mol. The van der Waals surface area contributed by atoms with Crippen molar-refractivity contribution in [2.75, 3.05) is 38.1 Å². The van der Waals surface area contributed by atoms with Crippen LogP contribution in [0.3, 0.4) is 0 Å². The third-order valence-electron chi connectivity index (χ3n) is 8.16. The number of benzene rings is 2. The lowest BCUT2D eigenvalue weighted by Crippen LogP contribution is -2.48. The summed E-state index contributed by atoms with van der Waals surface area (Å²) in [4.78, 5) is 34.6. The Bertz CT molecular complexity index is 1610. The van der Waals surface area contributed by atoms with E-state index >= 15 is 0 Å². The number of amides is 2. The van der Waals surface area contributed by atoms with E-state index in [1.165, 1.54) is 30.3 Å². The molecule has 0 unspecified atom stereocenters. The maximum Gasteiger partial charge on any atom is 0.261 e. The second-order valence-electron chi connectivity index (χ2n) is 12.0. The van der Waals surface area contributed by atoms with Crippen molar-refractivity contribution in [2.45, 2.75) is 63.2 Å². The predicted octanol–water partition coefficient (Wildman–Crippen LogP) is 5.10. The summed E-state index contributed by atoms with van der Waals surface area (Å²) >= 11 is 5.94. The van der Waals surface area contributed by atoms with Gasteiger partial charge in [0.15, 0.2) is 0 Å². The highest BCUT2D eigenvalue weighted by Crippen LogP contribution is 2.30. The first kappa shape index (κ1) is 36.1. The fourth-order valence-electron chi connectivity index (χ4n) is 5.34. The van der Waals surface area contributed by atoms with Crippen LogP contribution in [-0.2, 0) is 14.8 Å². The highest BCUT2D eigenvalue weighted by atomic mass is 35.5. The van der Waals surface area contributed by atoms with Gasteiger partial charge in [-0.2, -0.15) is 0 Å². The molecule has 0 saturated heterocycles. The number of pyridine rings is 1. The van der Waals surface area contributed by atoms with Gasteiger partial charge in [-0.05, 0) is 87.7 Å². The van der Waals surface area contributed by atoms with E-state index < -0.39 is 28.1 Å². The Hall–Kier alpha value is -3.71. The minimum absolute atomic E-state index is 0.0148. The number of carbonyl (C=O) groups excluding carboxylic acids is 2. The number of anilines is 1. The molecule has 0 fully saturated rings. The zero-order valence-electron chi connectivity index (χ0n) is 27.1. The van der Waals surface area contributed by atoms with Crippen LogP contribution in [0.1, 0.15) is 60.7 Å². The first-order chi connectivity index (χ1) is 22.4. The molecule has 0 spiro atoms. The lowest BCUT2D eigenvalue weighted by atomic mass is 10.0. The summed E-state index contributed by atoms with van der Waals surface area (Å²) < 4.78 is 41.5. The molecule has 2 heterocycles. The number of halogens is 1. The number of hydrogen-bond donors (Lipinski definition) is 2. The number of fused-ring (bicyclic) bond motifs is 1. The van der Waals surface area contributed by atoms with Crippen LogP contribution in [0.4, 0.5) is 5.69 Å². The topological polar surface area (TPSA) is 138 Å². The summed E-state index contributed by atoms with van der Waals surface area (Å²) in [5.41, 5.74) is 0.835. The Morgan fingerprint density at radius 2 is 1.83 bits per heavy atom.